The molecule has 0 saturated heterocycles. The summed E-state index contributed by atoms with van der Waals surface area (Å²) in [6.07, 6.45) is 2.35. The lowest BCUT2D eigenvalue weighted by Gasteiger charge is -2.21. The molecule has 6 rings (SSSR count). The minimum atomic E-state index is -0.187. The number of carbonyl (C=O) groups is 1. The fraction of sp³-hybridized carbons (Fsp3) is 0.120. The van der Waals surface area contributed by atoms with Gasteiger partial charge in [0.15, 0.2) is 5.82 Å². The molecule has 3 aromatic heterocycles. The van der Waals surface area contributed by atoms with Crippen molar-refractivity contribution in [1.82, 2.24) is 19.1 Å². The number of para-hydroxylation sites is 2. The van der Waals surface area contributed by atoms with Crippen LogP contribution in [0.3, 0.4) is 0 Å². The third kappa shape index (κ3) is 2.82. The molecule has 1 aliphatic rings. The molecule has 0 fully saturated rings. The van der Waals surface area contributed by atoms with Crippen molar-refractivity contribution in [2.75, 3.05) is 5.32 Å². The number of nitrogens with zero attached hydrogens (tertiary/aromatic N) is 4. The molecule has 0 aliphatic carbocycles. The standard InChI is InChI=1S/C25H19N5O2/c31-22(28-21-11-5-6-13-26-21)15-30-20-10-4-2-7-16(20)17-12-14-29-24(23(17)30)27-19-9-3-1-8-18(19)25(29)32/h1-11,13H,12,14-15H2,(H,26,28,31). The molecule has 1 amide bonds. The van der Waals surface area contributed by atoms with Gasteiger partial charge in [-0.05, 0) is 42.3 Å². The van der Waals surface area contributed by atoms with Gasteiger partial charge in [-0.15, -0.1) is 0 Å². The summed E-state index contributed by atoms with van der Waals surface area (Å²) in [6, 6.07) is 20.8. The molecule has 4 heterocycles. The number of aryl methyl sites for hydroxylation is 1. The average Bonchev–Trinajstić information content (AvgIpc) is 3.14. The van der Waals surface area contributed by atoms with E-state index in [1.165, 1.54) is 0 Å². The molecule has 7 heteroatoms. The SMILES string of the molecule is O=C(Cn1c2c(c3ccccc31)CCn1c-2nc2ccccc2c1=O)Nc1ccccn1. The van der Waals surface area contributed by atoms with Crippen LogP contribution in [0.2, 0.25) is 0 Å². The van der Waals surface area contributed by atoms with Gasteiger partial charge in [-0.3, -0.25) is 14.2 Å². The summed E-state index contributed by atoms with van der Waals surface area (Å²) in [5.41, 5.74) is 3.51. The first-order valence-electron chi connectivity index (χ1n) is 10.5. The normalized spacial score (nSPS) is 12.5. The van der Waals surface area contributed by atoms with Crippen LogP contribution >= 0.6 is 0 Å². The van der Waals surface area contributed by atoms with E-state index in [2.05, 4.69) is 16.4 Å². The van der Waals surface area contributed by atoms with Gasteiger partial charge in [0.1, 0.15) is 12.4 Å². The summed E-state index contributed by atoms with van der Waals surface area (Å²) in [6.45, 7) is 0.655. The summed E-state index contributed by atoms with van der Waals surface area (Å²) in [5, 5.41) is 4.55. The van der Waals surface area contributed by atoms with Crippen molar-refractivity contribution < 1.29 is 4.79 Å². The molecule has 0 saturated carbocycles. The highest BCUT2D eigenvalue weighted by Crippen LogP contribution is 2.36. The van der Waals surface area contributed by atoms with Gasteiger partial charge in [0.05, 0.1) is 16.6 Å². The van der Waals surface area contributed by atoms with Crippen LogP contribution in [0.25, 0.3) is 33.3 Å². The Morgan fingerprint density at radius 3 is 2.59 bits per heavy atom. The van der Waals surface area contributed by atoms with Crippen LogP contribution in [-0.2, 0) is 24.3 Å². The Hall–Kier alpha value is -4.26. The Morgan fingerprint density at radius 2 is 1.75 bits per heavy atom. The Morgan fingerprint density at radius 1 is 0.969 bits per heavy atom. The second-order valence-corrected chi connectivity index (χ2v) is 7.85. The number of anilines is 1. The first kappa shape index (κ1) is 18.5. The number of amides is 1. The third-order valence-electron chi connectivity index (χ3n) is 5.97. The Balaban J connectivity index is 1.55. The highest BCUT2D eigenvalue weighted by Gasteiger charge is 2.27. The molecule has 5 aromatic rings. The summed E-state index contributed by atoms with van der Waals surface area (Å²) in [5.74, 6) is 0.924. The van der Waals surface area contributed by atoms with Crippen LogP contribution in [0, 0.1) is 0 Å². The van der Waals surface area contributed by atoms with E-state index in [1.54, 1.807) is 22.9 Å². The molecule has 2 aromatic carbocycles. The van der Waals surface area contributed by atoms with Crippen molar-refractivity contribution in [3.63, 3.8) is 0 Å². The summed E-state index contributed by atoms with van der Waals surface area (Å²) in [7, 11) is 0. The number of pyridine rings is 1. The first-order chi connectivity index (χ1) is 15.7. The lowest BCUT2D eigenvalue weighted by molar-refractivity contribution is -0.116. The van der Waals surface area contributed by atoms with Crippen molar-refractivity contribution in [2.24, 2.45) is 0 Å². The van der Waals surface area contributed by atoms with Gasteiger partial charge in [0, 0.05) is 23.6 Å². The minimum Gasteiger partial charge on any atom is -0.328 e. The highest BCUT2D eigenvalue weighted by atomic mass is 16.2. The number of carbonyl (C=O) groups excluding carboxylic acids is 1. The van der Waals surface area contributed by atoms with Crippen LogP contribution in [0.1, 0.15) is 5.56 Å². The predicted molar refractivity (Wildman–Crippen MR) is 124 cm³/mol. The summed E-state index contributed by atoms with van der Waals surface area (Å²) >= 11 is 0. The Labute approximate surface area is 183 Å². The van der Waals surface area contributed by atoms with E-state index in [1.807, 2.05) is 53.1 Å². The lowest BCUT2D eigenvalue weighted by Crippen LogP contribution is -2.29. The maximum atomic E-state index is 13.2. The molecular weight excluding hydrogens is 402 g/mol. The number of benzene rings is 2. The van der Waals surface area contributed by atoms with Crippen LogP contribution in [0.5, 0.6) is 0 Å². The van der Waals surface area contributed by atoms with Crippen molar-refractivity contribution in [3.05, 3.63) is 88.8 Å². The summed E-state index contributed by atoms with van der Waals surface area (Å²) < 4.78 is 3.70. The molecule has 156 valence electrons. The van der Waals surface area contributed by atoms with Gasteiger partial charge >= 0.3 is 0 Å². The van der Waals surface area contributed by atoms with Crippen molar-refractivity contribution in [1.29, 1.82) is 0 Å². The zero-order valence-electron chi connectivity index (χ0n) is 17.2. The molecule has 7 nitrogen and oxygen atoms in total. The highest BCUT2D eigenvalue weighted by molar-refractivity contribution is 5.96. The molecule has 0 spiro atoms. The van der Waals surface area contributed by atoms with Crippen molar-refractivity contribution in [2.45, 2.75) is 19.5 Å². The summed E-state index contributed by atoms with van der Waals surface area (Å²) in [4.78, 5) is 35.2. The molecule has 0 unspecified atom stereocenters. The van der Waals surface area contributed by atoms with Crippen LogP contribution < -0.4 is 10.9 Å². The van der Waals surface area contributed by atoms with Gasteiger partial charge < -0.3 is 9.88 Å². The number of rotatable bonds is 3. The zero-order valence-corrected chi connectivity index (χ0v) is 17.2. The maximum absolute atomic E-state index is 13.2. The van der Waals surface area contributed by atoms with E-state index >= 15 is 0 Å². The smallest absolute Gasteiger partial charge is 0.261 e. The molecule has 1 N–H and O–H groups in total. The first-order valence-corrected chi connectivity index (χ1v) is 10.5. The predicted octanol–water partition coefficient (Wildman–Crippen LogP) is 3.61. The Kier molecular flexibility index (Phi) is 4.14. The van der Waals surface area contributed by atoms with Crippen molar-refractivity contribution >= 4 is 33.5 Å². The van der Waals surface area contributed by atoms with Gasteiger partial charge in [-0.2, -0.15) is 0 Å². The fourth-order valence-electron chi connectivity index (χ4n) is 4.59. The molecular formula is C25H19N5O2. The fourth-order valence-corrected chi connectivity index (χ4v) is 4.59. The number of aromatic nitrogens is 4. The van der Waals surface area contributed by atoms with Gasteiger partial charge in [0.2, 0.25) is 5.91 Å². The number of hydrogen-bond donors (Lipinski definition) is 1. The molecule has 0 bridgehead atoms. The van der Waals surface area contributed by atoms with Crippen LogP contribution in [-0.4, -0.2) is 25.0 Å². The number of hydrogen-bond acceptors (Lipinski definition) is 4. The lowest BCUT2D eigenvalue weighted by atomic mass is 10.0. The van der Waals surface area contributed by atoms with Gasteiger partial charge in [-0.25, -0.2) is 9.97 Å². The minimum absolute atomic E-state index is 0.0500. The quantitative estimate of drug-likeness (QED) is 0.483. The Bertz CT molecular complexity index is 1570. The van der Waals surface area contributed by atoms with E-state index in [0.29, 0.717) is 35.5 Å². The third-order valence-corrected chi connectivity index (χ3v) is 5.97. The number of fused-ring (bicyclic) bond motifs is 6. The average molecular weight is 421 g/mol. The van der Waals surface area contributed by atoms with Crippen LogP contribution in [0.4, 0.5) is 5.82 Å². The van der Waals surface area contributed by atoms with E-state index in [-0.39, 0.29) is 18.0 Å². The van der Waals surface area contributed by atoms with E-state index in [9.17, 15) is 9.59 Å². The second-order valence-electron chi connectivity index (χ2n) is 7.85. The molecule has 1 aliphatic heterocycles. The molecule has 0 radical (unpaired) electrons. The molecule has 32 heavy (non-hydrogen) atoms. The van der Waals surface area contributed by atoms with E-state index in [4.69, 9.17) is 4.98 Å². The van der Waals surface area contributed by atoms with Crippen LogP contribution in [0.15, 0.2) is 77.7 Å². The largest absolute Gasteiger partial charge is 0.328 e. The van der Waals surface area contributed by atoms with Gasteiger partial charge in [-0.1, -0.05) is 36.4 Å². The second kappa shape index (κ2) is 7.16. The monoisotopic (exact) mass is 421 g/mol. The van der Waals surface area contributed by atoms with Crippen molar-refractivity contribution in [3.8, 4) is 11.5 Å². The van der Waals surface area contributed by atoms with Gasteiger partial charge in [0.25, 0.3) is 5.56 Å². The topological polar surface area (TPSA) is 81.8 Å². The van der Waals surface area contributed by atoms with E-state index in [0.717, 1.165) is 22.2 Å². The molecule has 0 atom stereocenters. The van der Waals surface area contributed by atoms with E-state index < -0.39 is 0 Å². The maximum Gasteiger partial charge on any atom is 0.261 e. The zero-order chi connectivity index (χ0) is 21.7. The number of nitrogens with one attached hydrogen (secondary N) is 1.